The minimum atomic E-state index is -4.35. The molecule has 2 aromatic rings. The molecule has 0 spiro atoms. The summed E-state index contributed by atoms with van der Waals surface area (Å²) in [5.41, 5.74) is 20.9. The monoisotopic (exact) mass is 1010 g/mol. The fourth-order valence-corrected chi connectivity index (χ4v) is 6.99. The number of aliphatic carboxylic acids is 2. The third-order valence-corrected chi connectivity index (χ3v) is 10.3. The second kappa shape index (κ2) is 51.7. The van der Waals surface area contributed by atoms with Crippen LogP contribution in [0.15, 0.2) is 58.3 Å². The van der Waals surface area contributed by atoms with Gasteiger partial charge in [0.15, 0.2) is 0 Å². The molecular weight excluding hydrogens is 936 g/mol. The number of carbonyl (C=O) groups excluding carboxylic acids is 2. The molecule has 0 saturated heterocycles. The zero-order valence-electron chi connectivity index (χ0n) is 37.8. The zero-order chi connectivity index (χ0) is 46.5. The van der Waals surface area contributed by atoms with E-state index in [9.17, 15) is 25.9 Å². The van der Waals surface area contributed by atoms with Gasteiger partial charge in [-0.25, -0.2) is 16.8 Å². The van der Waals surface area contributed by atoms with Gasteiger partial charge in [0, 0.05) is 38.1 Å². The van der Waals surface area contributed by atoms with Crippen LogP contribution in [0.2, 0.25) is 0 Å². The molecule has 2 aromatic carbocycles. The summed E-state index contributed by atoms with van der Waals surface area (Å²) in [5.74, 6) is -2.17. The summed E-state index contributed by atoms with van der Waals surface area (Å²) in [4.78, 5) is 17.7. The van der Waals surface area contributed by atoms with Gasteiger partial charge >= 0.3 is 34.1 Å². The summed E-state index contributed by atoms with van der Waals surface area (Å²) in [6.45, 7) is 8.80. The molecule has 0 aliphatic carbocycles. The van der Waals surface area contributed by atoms with Crippen molar-refractivity contribution in [3.8, 4) is 0 Å². The molecule has 8 N–H and O–H groups in total. The Kier molecular flexibility index (Phi) is 59.8. The fraction of sp³-hybridized carbons (Fsp3) is 0.682. The summed E-state index contributed by atoms with van der Waals surface area (Å²) < 4.78 is 67.1. The second-order valence-electron chi connectivity index (χ2n) is 14.1. The SMILES string of the molecule is CC(=O)[O-].CC(=O)[O-].CCCCCCCCCCCCc1ccccc1S(=O)(=O)[O-].CCCCCCCCCCCCc1ccccc1S(=O)(=O)[O-].NCCN.NCCN.[Cu+2].[Cu+2]. The Morgan fingerprint density at radius 2 is 0.629 bits per heavy atom. The number of carbonyl (C=O) groups is 2. The second-order valence-corrected chi connectivity index (χ2v) is 16.8. The van der Waals surface area contributed by atoms with Crippen LogP contribution >= 0.6 is 0 Å². The van der Waals surface area contributed by atoms with E-state index in [0.717, 1.165) is 39.5 Å². The molecule has 0 fully saturated rings. The Morgan fingerprint density at radius 3 is 0.823 bits per heavy atom. The topological polar surface area (TPSA) is 299 Å². The van der Waals surface area contributed by atoms with Crippen molar-refractivity contribution in [3.63, 3.8) is 0 Å². The maximum Gasteiger partial charge on any atom is 2.00 e. The summed E-state index contributed by atoms with van der Waals surface area (Å²) in [7, 11) is -8.69. The van der Waals surface area contributed by atoms with Crippen LogP contribution in [0.3, 0.4) is 0 Å². The molecule has 0 saturated carbocycles. The van der Waals surface area contributed by atoms with Gasteiger partial charge in [-0.05, 0) is 62.8 Å². The predicted molar refractivity (Wildman–Crippen MR) is 237 cm³/mol. The van der Waals surface area contributed by atoms with Gasteiger partial charge in [0.05, 0.1) is 9.79 Å². The molecule has 14 nitrogen and oxygen atoms in total. The van der Waals surface area contributed by atoms with Gasteiger partial charge in [-0.3, -0.25) is 0 Å². The molecule has 0 aliphatic heterocycles. The van der Waals surface area contributed by atoms with Crippen LogP contribution in [0.4, 0.5) is 0 Å². The average Bonchev–Trinajstić information content (AvgIpc) is 3.19. The molecule has 0 atom stereocenters. The summed E-state index contributed by atoms with van der Waals surface area (Å²) in [6.07, 6.45) is 26.3. The van der Waals surface area contributed by atoms with Crippen molar-refractivity contribution in [2.24, 2.45) is 22.9 Å². The number of rotatable bonds is 26. The smallest absolute Gasteiger partial charge is 0.744 e. The van der Waals surface area contributed by atoms with Gasteiger partial charge in [0.1, 0.15) is 20.2 Å². The van der Waals surface area contributed by atoms with Crippen molar-refractivity contribution in [1.82, 2.24) is 0 Å². The van der Waals surface area contributed by atoms with Crippen LogP contribution < -0.4 is 33.1 Å². The molecule has 0 aromatic heterocycles. The van der Waals surface area contributed by atoms with Gasteiger partial charge in [-0.2, -0.15) is 0 Å². The minimum absolute atomic E-state index is 0. The number of carboxylic acid groups (broad SMARTS) is 2. The van der Waals surface area contributed by atoms with Crippen molar-refractivity contribution < 1.29 is 79.9 Å². The van der Waals surface area contributed by atoms with E-state index in [-0.39, 0.29) is 43.9 Å². The number of benzene rings is 2. The number of carboxylic acids is 2. The largest absolute Gasteiger partial charge is 2.00 e. The average molecular weight is 1020 g/mol. The number of aryl methyl sites for hydroxylation is 2. The summed E-state index contributed by atoms with van der Waals surface area (Å²) in [6, 6.07) is 13.1. The van der Waals surface area contributed by atoms with E-state index in [4.69, 9.17) is 42.7 Å². The van der Waals surface area contributed by atoms with Gasteiger partial charge in [-0.15, -0.1) is 0 Å². The van der Waals surface area contributed by atoms with Gasteiger partial charge in [-0.1, -0.05) is 166 Å². The quantitative estimate of drug-likeness (QED) is 0.0520. The number of hydrogen-bond donors (Lipinski definition) is 4. The molecule has 0 amide bonds. The molecule has 370 valence electrons. The maximum absolute atomic E-state index is 11.2. The van der Waals surface area contributed by atoms with Gasteiger partial charge < -0.3 is 51.8 Å². The zero-order valence-corrected chi connectivity index (χ0v) is 41.3. The van der Waals surface area contributed by atoms with E-state index >= 15 is 0 Å². The number of nitrogens with two attached hydrogens (primary N) is 4. The molecule has 2 radical (unpaired) electrons. The third kappa shape index (κ3) is 56.1. The molecule has 0 unspecified atom stereocenters. The Bertz CT molecular complexity index is 1380. The van der Waals surface area contributed by atoms with E-state index in [1.165, 1.54) is 115 Å². The Hall–Kier alpha value is -1.92. The van der Waals surface area contributed by atoms with Gasteiger partial charge in [0.2, 0.25) is 0 Å². The minimum Gasteiger partial charge on any atom is -0.744 e. The molecule has 0 aliphatic rings. The van der Waals surface area contributed by atoms with Crippen molar-refractivity contribution in [3.05, 3.63) is 59.7 Å². The molecule has 0 heterocycles. The maximum atomic E-state index is 11.2. The van der Waals surface area contributed by atoms with Crippen LogP contribution in [-0.4, -0.2) is 64.1 Å². The normalized spacial score (nSPS) is 10.1. The Labute approximate surface area is 397 Å². The van der Waals surface area contributed by atoms with E-state index < -0.39 is 32.2 Å². The van der Waals surface area contributed by atoms with Crippen LogP contribution in [0.25, 0.3) is 0 Å². The first-order valence-electron chi connectivity index (χ1n) is 21.6. The Morgan fingerprint density at radius 1 is 0.435 bits per heavy atom. The molecule has 2 rings (SSSR count). The number of unbranched alkanes of at least 4 members (excludes halogenated alkanes) is 18. The van der Waals surface area contributed by atoms with Crippen LogP contribution in [0, 0.1) is 0 Å². The first-order chi connectivity index (χ1) is 28.4. The molecular formula is C44H80Cu2N4O10S2. The summed E-state index contributed by atoms with van der Waals surface area (Å²) >= 11 is 0. The van der Waals surface area contributed by atoms with Crippen LogP contribution in [0.1, 0.15) is 167 Å². The standard InChI is InChI=1S/2C18H30O3S.2C2H8N2.2C2H4O2.2Cu/c2*1-2-3-4-5-6-7-8-9-10-11-14-17-15-12-13-16-18(17)22(19,20)21;2*3-1-2-4;2*1-2(3)4;;/h2*12-13,15-16H,2-11,14H2,1H3,(H,19,20,21);2*1-4H2;2*1H3,(H,3,4);;/q;;;;;;2*+2/p-4. The molecule has 62 heavy (non-hydrogen) atoms. The van der Waals surface area contributed by atoms with Crippen LogP contribution in [0.5, 0.6) is 0 Å². The Balaban J connectivity index is -0.000000183. The van der Waals surface area contributed by atoms with Crippen molar-refractivity contribution in [2.45, 2.75) is 179 Å². The molecule has 18 heteroatoms. The first kappa shape index (κ1) is 71.7. The van der Waals surface area contributed by atoms with Crippen LogP contribution in [-0.2, 0) is 76.8 Å². The first-order valence-corrected chi connectivity index (χ1v) is 24.5. The van der Waals surface area contributed by atoms with E-state index in [2.05, 4.69) is 13.8 Å². The van der Waals surface area contributed by atoms with E-state index in [1.807, 2.05) is 0 Å². The van der Waals surface area contributed by atoms with E-state index in [1.54, 1.807) is 36.4 Å². The fourth-order valence-electron chi connectivity index (χ4n) is 5.51. The third-order valence-electron chi connectivity index (χ3n) is 8.42. The van der Waals surface area contributed by atoms with Crippen molar-refractivity contribution in [2.75, 3.05) is 26.2 Å². The molecule has 0 bridgehead atoms. The predicted octanol–water partition coefficient (Wildman–Crippen LogP) is 5.42. The summed E-state index contributed by atoms with van der Waals surface area (Å²) in [5, 5.41) is 17.8. The number of hydrogen-bond acceptors (Lipinski definition) is 14. The van der Waals surface area contributed by atoms with Crippen molar-refractivity contribution in [1.29, 1.82) is 0 Å². The van der Waals surface area contributed by atoms with Crippen molar-refractivity contribution >= 4 is 32.2 Å². The van der Waals surface area contributed by atoms with E-state index in [0.29, 0.717) is 50.1 Å². The van der Waals surface area contributed by atoms with Gasteiger partial charge in [0.25, 0.3) is 0 Å².